The monoisotopic (exact) mass is 253 g/mol. The van der Waals surface area contributed by atoms with Gasteiger partial charge in [0.2, 0.25) is 12.2 Å². The van der Waals surface area contributed by atoms with E-state index in [4.69, 9.17) is 9.26 Å². The standard InChI is InChI=1S/C11H15N3O4/c1-6(2)8-9(10(12-5-15)18-14-8)17-11(16)13-7-3-4-7/h5-7H,3-4H2,1-2H3,(H,12,15)(H,13,16). The molecule has 0 aromatic carbocycles. The van der Waals surface area contributed by atoms with E-state index in [1.54, 1.807) is 0 Å². The van der Waals surface area contributed by atoms with E-state index in [1.165, 1.54) is 0 Å². The minimum absolute atomic E-state index is 0.0136. The molecule has 1 heterocycles. The summed E-state index contributed by atoms with van der Waals surface area (Å²) in [5.41, 5.74) is 0.491. The first-order valence-electron chi connectivity index (χ1n) is 5.80. The Morgan fingerprint density at radius 2 is 2.28 bits per heavy atom. The lowest BCUT2D eigenvalue weighted by Gasteiger charge is -2.07. The van der Waals surface area contributed by atoms with Crippen LogP contribution in [0.2, 0.25) is 0 Å². The molecule has 0 aliphatic heterocycles. The number of hydrogen-bond acceptors (Lipinski definition) is 5. The first-order valence-corrected chi connectivity index (χ1v) is 5.80. The molecule has 2 rings (SSSR count). The van der Waals surface area contributed by atoms with Crippen LogP contribution in [0.4, 0.5) is 10.7 Å². The summed E-state index contributed by atoms with van der Waals surface area (Å²) in [6, 6.07) is 0.197. The Labute approximate surface area is 104 Å². The highest BCUT2D eigenvalue weighted by Crippen LogP contribution is 2.33. The van der Waals surface area contributed by atoms with Crippen molar-refractivity contribution < 1.29 is 18.8 Å². The molecule has 98 valence electrons. The molecular formula is C11H15N3O4. The minimum Gasteiger partial charge on any atom is -0.402 e. The van der Waals surface area contributed by atoms with Crippen molar-refractivity contribution in [3.63, 3.8) is 0 Å². The van der Waals surface area contributed by atoms with Gasteiger partial charge in [0, 0.05) is 12.0 Å². The van der Waals surface area contributed by atoms with Crippen molar-refractivity contribution in [1.29, 1.82) is 0 Å². The number of carbonyl (C=O) groups excluding carboxylic acids is 2. The molecule has 0 spiro atoms. The van der Waals surface area contributed by atoms with Crippen molar-refractivity contribution in [2.45, 2.75) is 38.6 Å². The number of nitrogens with one attached hydrogen (secondary N) is 2. The van der Waals surface area contributed by atoms with Gasteiger partial charge >= 0.3 is 6.09 Å². The van der Waals surface area contributed by atoms with E-state index >= 15 is 0 Å². The van der Waals surface area contributed by atoms with Gasteiger partial charge in [-0.15, -0.1) is 0 Å². The van der Waals surface area contributed by atoms with Gasteiger partial charge in [0.05, 0.1) is 0 Å². The highest BCUT2D eigenvalue weighted by Gasteiger charge is 2.27. The summed E-state index contributed by atoms with van der Waals surface area (Å²) in [4.78, 5) is 22.0. The lowest BCUT2D eigenvalue weighted by atomic mass is 10.1. The SMILES string of the molecule is CC(C)c1noc(NC=O)c1OC(=O)NC1CC1. The van der Waals surface area contributed by atoms with E-state index in [9.17, 15) is 9.59 Å². The number of ether oxygens (including phenoxy) is 1. The number of hydrogen-bond donors (Lipinski definition) is 2. The van der Waals surface area contributed by atoms with Crippen LogP contribution < -0.4 is 15.4 Å². The van der Waals surface area contributed by atoms with Crippen molar-refractivity contribution in [1.82, 2.24) is 10.5 Å². The van der Waals surface area contributed by atoms with Crippen LogP contribution in [0.3, 0.4) is 0 Å². The van der Waals surface area contributed by atoms with E-state index in [0.29, 0.717) is 12.1 Å². The molecule has 1 saturated carbocycles. The van der Waals surface area contributed by atoms with Gasteiger partial charge < -0.3 is 14.6 Å². The first-order chi connectivity index (χ1) is 8.61. The molecule has 2 amide bonds. The Bertz CT molecular complexity index is 451. The van der Waals surface area contributed by atoms with Gasteiger partial charge in [0.15, 0.2) is 0 Å². The third-order valence-electron chi connectivity index (χ3n) is 2.51. The van der Waals surface area contributed by atoms with Crippen molar-refractivity contribution in [3.8, 4) is 5.75 Å². The maximum absolute atomic E-state index is 11.6. The fourth-order valence-corrected chi connectivity index (χ4v) is 1.42. The summed E-state index contributed by atoms with van der Waals surface area (Å²) in [6.07, 6.45) is 1.82. The molecule has 0 atom stereocenters. The summed E-state index contributed by atoms with van der Waals surface area (Å²) in [6.45, 7) is 3.77. The molecule has 1 aliphatic carbocycles. The summed E-state index contributed by atoms with van der Waals surface area (Å²) in [7, 11) is 0. The third-order valence-corrected chi connectivity index (χ3v) is 2.51. The zero-order valence-electron chi connectivity index (χ0n) is 10.2. The molecule has 7 heteroatoms. The van der Waals surface area contributed by atoms with Gasteiger partial charge in [-0.1, -0.05) is 19.0 Å². The molecular weight excluding hydrogens is 238 g/mol. The Kier molecular flexibility index (Phi) is 3.50. The lowest BCUT2D eigenvalue weighted by molar-refractivity contribution is -0.105. The predicted octanol–water partition coefficient (Wildman–Crippen LogP) is 1.62. The fraction of sp³-hybridized carbons (Fsp3) is 0.545. The van der Waals surface area contributed by atoms with Crippen molar-refractivity contribution in [2.24, 2.45) is 0 Å². The van der Waals surface area contributed by atoms with Crippen LogP contribution in [0.5, 0.6) is 5.75 Å². The number of carbonyl (C=O) groups is 2. The topological polar surface area (TPSA) is 93.5 Å². The third kappa shape index (κ3) is 2.79. The number of rotatable bonds is 5. The maximum atomic E-state index is 11.6. The van der Waals surface area contributed by atoms with E-state index in [2.05, 4.69) is 15.8 Å². The first kappa shape index (κ1) is 12.4. The second kappa shape index (κ2) is 5.07. The summed E-state index contributed by atoms with van der Waals surface area (Å²) >= 11 is 0. The van der Waals surface area contributed by atoms with Crippen LogP contribution in [0.25, 0.3) is 0 Å². The second-order valence-electron chi connectivity index (χ2n) is 4.45. The Morgan fingerprint density at radius 1 is 1.56 bits per heavy atom. The normalized spacial score (nSPS) is 14.4. The molecule has 2 N–H and O–H groups in total. The van der Waals surface area contributed by atoms with Crippen LogP contribution in [-0.4, -0.2) is 23.7 Å². The van der Waals surface area contributed by atoms with Gasteiger partial charge in [-0.25, -0.2) is 4.79 Å². The van der Waals surface area contributed by atoms with Crippen LogP contribution >= 0.6 is 0 Å². The zero-order chi connectivity index (χ0) is 13.1. The van der Waals surface area contributed by atoms with Gasteiger partial charge in [-0.05, 0) is 12.8 Å². The molecule has 18 heavy (non-hydrogen) atoms. The van der Waals surface area contributed by atoms with Crippen LogP contribution in [-0.2, 0) is 4.79 Å². The van der Waals surface area contributed by atoms with Gasteiger partial charge in [0.25, 0.3) is 5.88 Å². The Hall–Kier alpha value is -2.05. The molecule has 1 aliphatic rings. The molecule has 1 aromatic rings. The molecule has 1 fully saturated rings. The number of nitrogens with zero attached hydrogens (tertiary/aromatic N) is 1. The molecule has 7 nitrogen and oxygen atoms in total. The van der Waals surface area contributed by atoms with E-state index in [1.807, 2.05) is 13.8 Å². The van der Waals surface area contributed by atoms with Crippen LogP contribution in [0, 0.1) is 0 Å². The summed E-state index contributed by atoms with van der Waals surface area (Å²) in [5, 5.41) is 8.77. The van der Waals surface area contributed by atoms with E-state index in [-0.39, 0.29) is 23.6 Å². The van der Waals surface area contributed by atoms with Gasteiger partial charge in [-0.3, -0.25) is 10.1 Å². The van der Waals surface area contributed by atoms with Crippen LogP contribution in [0.15, 0.2) is 4.52 Å². The Morgan fingerprint density at radius 3 is 2.83 bits per heavy atom. The molecule has 0 saturated heterocycles. The molecule has 0 unspecified atom stereocenters. The quantitative estimate of drug-likeness (QED) is 0.777. The van der Waals surface area contributed by atoms with E-state index < -0.39 is 6.09 Å². The van der Waals surface area contributed by atoms with Crippen molar-refractivity contribution in [3.05, 3.63) is 5.69 Å². The number of amides is 2. The fourth-order valence-electron chi connectivity index (χ4n) is 1.42. The zero-order valence-corrected chi connectivity index (χ0v) is 10.2. The second-order valence-corrected chi connectivity index (χ2v) is 4.45. The number of anilines is 1. The summed E-state index contributed by atoms with van der Waals surface area (Å²) < 4.78 is 10.1. The van der Waals surface area contributed by atoms with Crippen LogP contribution in [0.1, 0.15) is 38.3 Å². The van der Waals surface area contributed by atoms with Gasteiger partial charge in [0.1, 0.15) is 5.69 Å². The number of aromatic nitrogens is 1. The minimum atomic E-state index is -0.559. The maximum Gasteiger partial charge on any atom is 0.413 e. The highest BCUT2D eigenvalue weighted by atomic mass is 16.6. The van der Waals surface area contributed by atoms with E-state index in [0.717, 1.165) is 12.8 Å². The highest BCUT2D eigenvalue weighted by molar-refractivity contribution is 5.77. The average molecular weight is 253 g/mol. The van der Waals surface area contributed by atoms with Gasteiger partial charge in [-0.2, -0.15) is 0 Å². The smallest absolute Gasteiger partial charge is 0.402 e. The van der Waals surface area contributed by atoms with Crippen molar-refractivity contribution >= 4 is 18.4 Å². The largest absolute Gasteiger partial charge is 0.413 e. The van der Waals surface area contributed by atoms with Crippen molar-refractivity contribution in [2.75, 3.05) is 5.32 Å². The Balaban J connectivity index is 2.13. The predicted molar refractivity (Wildman–Crippen MR) is 62.5 cm³/mol. The molecule has 0 bridgehead atoms. The summed E-state index contributed by atoms with van der Waals surface area (Å²) in [5.74, 6) is 0.217. The molecule has 0 radical (unpaired) electrons. The molecule has 1 aromatic heterocycles. The average Bonchev–Trinajstić information content (AvgIpc) is 3.02. The lowest BCUT2D eigenvalue weighted by Crippen LogP contribution is -2.29.